The van der Waals surface area contributed by atoms with Crippen molar-refractivity contribution in [3.05, 3.63) is 57.3 Å². The van der Waals surface area contributed by atoms with E-state index in [4.69, 9.17) is 0 Å². The van der Waals surface area contributed by atoms with E-state index in [9.17, 15) is 4.79 Å². The van der Waals surface area contributed by atoms with Gasteiger partial charge in [-0.15, -0.1) is 0 Å². The molecule has 0 fully saturated rings. The van der Waals surface area contributed by atoms with E-state index in [2.05, 4.69) is 27.0 Å². The molecule has 0 aliphatic rings. The van der Waals surface area contributed by atoms with Gasteiger partial charge in [-0.3, -0.25) is 4.79 Å². The number of carbonyl (C=O) groups is 1. The van der Waals surface area contributed by atoms with Crippen molar-refractivity contribution in [2.45, 2.75) is 19.9 Å². The standard InChI is InChI=1S/C17H22N2OS/c1-12-5-6-15(13(2)9-12)17(20)18-10-16(19(3)4)14-7-8-21-11-14/h5-9,11,16H,10H2,1-4H3,(H,18,20)/t16-/m0/s1. The van der Waals surface area contributed by atoms with Crippen molar-refractivity contribution in [1.82, 2.24) is 10.2 Å². The van der Waals surface area contributed by atoms with Crippen LogP contribution in [0.4, 0.5) is 0 Å². The summed E-state index contributed by atoms with van der Waals surface area (Å²) < 4.78 is 0. The molecule has 2 aromatic rings. The minimum Gasteiger partial charge on any atom is -0.350 e. The van der Waals surface area contributed by atoms with Gasteiger partial charge < -0.3 is 10.2 Å². The summed E-state index contributed by atoms with van der Waals surface area (Å²) in [6.45, 7) is 4.62. The maximum absolute atomic E-state index is 12.3. The topological polar surface area (TPSA) is 32.3 Å². The summed E-state index contributed by atoms with van der Waals surface area (Å²) in [4.78, 5) is 14.5. The van der Waals surface area contributed by atoms with Crippen molar-refractivity contribution >= 4 is 17.2 Å². The molecule has 0 saturated heterocycles. The summed E-state index contributed by atoms with van der Waals surface area (Å²) >= 11 is 1.68. The number of thiophene rings is 1. The van der Waals surface area contributed by atoms with Gasteiger partial charge in [0, 0.05) is 12.1 Å². The number of nitrogens with zero attached hydrogens (tertiary/aromatic N) is 1. The molecule has 4 heteroatoms. The number of hydrogen-bond acceptors (Lipinski definition) is 3. The van der Waals surface area contributed by atoms with Gasteiger partial charge in [0.1, 0.15) is 0 Å². The van der Waals surface area contributed by atoms with Crippen LogP contribution in [0, 0.1) is 13.8 Å². The Labute approximate surface area is 130 Å². The maximum Gasteiger partial charge on any atom is 0.251 e. The van der Waals surface area contributed by atoms with Gasteiger partial charge in [-0.1, -0.05) is 17.7 Å². The van der Waals surface area contributed by atoms with Crippen LogP contribution in [0.2, 0.25) is 0 Å². The molecule has 0 radical (unpaired) electrons. The zero-order chi connectivity index (χ0) is 15.4. The zero-order valence-electron chi connectivity index (χ0n) is 13.0. The highest BCUT2D eigenvalue weighted by Gasteiger charge is 2.16. The highest BCUT2D eigenvalue weighted by Crippen LogP contribution is 2.20. The van der Waals surface area contributed by atoms with E-state index >= 15 is 0 Å². The number of amides is 1. The number of nitrogens with one attached hydrogen (secondary N) is 1. The Hall–Kier alpha value is -1.65. The van der Waals surface area contributed by atoms with Gasteiger partial charge in [0.25, 0.3) is 5.91 Å². The summed E-state index contributed by atoms with van der Waals surface area (Å²) in [6.07, 6.45) is 0. The lowest BCUT2D eigenvalue weighted by atomic mass is 10.0. The van der Waals surface area contributed by atoms with E-state index in [0.717, 1.165) is 11.1 Å². The molecule has 0 aliphatic carbocycles. The SMILES string of the molecule is Cc1ccc(C(=O)NC[C@@H](c2ccsc2)N(C)C)c(C)c1. The predicted molar refractivity (Wildman–Crippen MR) is 89.0 cm³/mol. The van der Waals surface area contributed by atoms with Crippen molar-refractivity contribution in [2.24, 2.45) is 0 Å². The Balaban J connectivity index is 2.05. The largest absolute Gasteiger partial charge is 0.350 e. The summed E-state index contributed by atoms with van der Waals surface area (Å²) in [5.41, 5.74) is 4.19. The second-order valence-electron chi connectivity index (χ2n) is 5.56. The van der Waals surface area contributed by atoms with Gasteiger partial charge >= 0.3 is 0 Å². The highest BCUT2D eigenvalue weighted by atomic mass is 32.1. The van der Waals surface area contributed by atoms with E-state index in [-0.39, 0.29) is 11.9 Å². The first-order chi connectivity index (χ1) is 9.99. The van der Waals surface area contributed by atoms with Crippen LogP contribution >= 0.6 is 11.3 Å². The Morgan fingerprint density at radius 2 is 2.05 bits per heavy atom. The van der Waals surface area contributed by atoms with Gasteiger partial charge in [-0.2, -0.15) is 11.3 Å². The van der Waals surface area contributed by atoms with Gasteiger partial charge in [0.2, 0.25) is 0 Å². The smallest absolute Gasteiger partial charge is 0.251 e. The van der Waals surface area contributed by atoms with Crippen molar-refractivity contribution in [3.8, 4) is 0 Å². The average Bonchev–Trinajstić information content (AvgIpc) is 2.92. The molecule has 0 bridgehead atoms. The van der Waals surface area contributed by atoms with Crippen molar-refractivity contribution in [2.75, 3.05) is 20.6 Å². The minimum absolute atomic E-state index is 0.00502. The Morgan fingerprint density at radius 1 is 1.29 bits per heavy atom. The molecule has 0 unspecified atom stereocenters. The van der Waals surface area contributed by atoms with Crippen LogP contribution in [-0.2, 0) is 0 Å². The summed E-state index contributed by atoms with van der Waals surface area (Å²) in [6, 6.07) is 8.22. The summed E-state index contributed by atoms with van der Waals surface area (Å²) in [5.74, 6) is -0.00502. The minimum atomic E-state index is -0.00502. The molecular weight excluding hydrogens is 280 g/mol. The van der Waals surface area contributed by atoms with Crippen molar-refractivity contribution in [1.29, 1.82) is 0 Å². The third-order valence-corrected chi connectivity index (χ3v) is 4.34. The number of likely N-dealkylation sites (N-methyl/N-ethyl adjacent to an activating group) is 1. The van der Waals surface area contributed by atoms with Crippen LogP contribution in [0.15, 0.2) is 35.0 Å². The number of aryl methyl sites for hydroxylation is 2. The van der Waals surface area contributed by atoms with Gasteiger partial charge in [-0.05, 0) is 62.0 Å². The lowest BCUT2D eigenvalue weighted by molar-refractivity contribution is 0.0941. The van der Waals surface area contributed by atoms with Crippen molar-refractivity contribution < 1.29 is 4.79 Å². The number of rotatable bonds is 5. The second kappa shape index (κ2) is 6.87. The molecule has 1 amide bonds. The molecule has 3 nitrogen and oxygen atoms in total. The normalized spacial score (nSPS) is 12.4. The zero-order valence-corrected chi connectivity index (χ0v) is 13.8. The molecule has 0 saturated carbocycles. The van der Waals surface area contributed by atoms with Gasteiger partial charge in [0.15, 0.2) is 0 Å². The Kier molecular flexibility index (Phi) is 5.15. The van der Waals surface area contributed by atoms with Gasteiger partial charge in [0.05, 0.1) is 6.04 Å². The van der Waals surface area contributed by atoms with Crippen LogP contribution < -0.4 is 5.32 Å². The first-order valence-corrected chi connectivity index (χ1v) is 7.97. The molecule has 1 aromatic heterocycles. The lowest BCUT2D eigenvalue weighted by Crippen LogP contribution is -2.34. The third-order valence-electron chi connectivity index (χ3n) is 3.63. The van der Waals surface area contributed by atoms with Crippen LogP contribution in [-0.4, -0.2) is 31.4 Å². The molecule has 0 aliphatic heterocycles. The quantitative estimate of drug-likeness (QED) is 0.918. The second-order valence-corrected chi connectivity index (χ2v) is 6.34. The Bertz CT molecular complexity index is 605. The first kappa shape index (κ1) is 15.7. The van der Waals surface area contributed by atoms with E-state index in [1.54, 1.807) is 11.3 Å². The molecule has 1 aromatic carbocycles. The fraction of sp³-hybridized carbons (Fsp3) is 0.353. The highest BCUT2D eigenvalue weighted by molar-refractivity contribution is 7.07. The number of carbonyl (C=O) groups excluding carboxylic acids is 1. The van der Waals surface area contributed by atoms with Crippen molar-refractivity contribution in [3.63, 3.8) is 0 Å². The van der Waals surface area contributed by atoms with E-state index in [1.165, 1.54) is 11.1 Å². The fourth-order valence-corrected chi connectivity index (χ4v) is 3.12. The van der Waals surface area contributed by atoms with E-state index in [0.29, 0.717) is 6.54 Å². The molecule has 1 atom stereocenters. The molecule has 0 spiro atoms. The molecule has 112 valence electrons. The molecule has 1 heterocycles. The van der Waals surface area contributed by atoms with Crippen LogP contribution in [0.25, 0.3) is 0 Å². The molecule has 21 heavy (non-hydrogen) atoms. The average molecular weight is 302 g/mol. The van der Waals surface area contributed by atoms with E-state index < -0.39 is 0 Å². The molecular formula is C17H22N2OS. The summed E-state index contributed by atoms with van der Waals surface area (Å²) in [7, 11) is 4.07. The maximum atomic E-state index is 12.3. The van der Waals surface area contributed by atoms with Crippen LogP contribution in [0.5, 0.6) is 0 Å². The van der Waals surface area contributed by atoms with E-state index in [1.807, 2.05) is 46.1 Å². The number of benzene rings is 1. The third kappa shape index (κ3) is 3.93. The Morgan fingerprint density at radius 3 is 2.62 bits per heavy atom. The van der Waals surface area contributed by atoms with Gasteiger partial charge in [-0.25, -0.2) is 0 Å². The van der Waals surface area contributed by atoms with Crippen LogP contribution in [0.3, 0.4) is 0 Å². The first-order valence-electron chi connectivity index (χ1n) is 7.03. The lowest BCUT2D eigenvalue weighted by Gasteiger charge is -2.24. The monoisotopic (exact) mass is 302 g/mol. The van der Waals surface area contributed by atoms with Crippen LogP contribution in [0.1, 0.15) is 33.1 Å². The fourth-order valence-electron chi connectivity index (χ4n) is 2.42. The molecule has 2 rings (SSSR count). The molecule has 1 N–H and O–H groups in total. The predicted octanol–water partition coefficient (Wildman–Crippen LogP) is 3.40. The summed E-state index contributed by atoms with van der Waals surface area (Å²) in [5, 5.41) is 7.25. The number of hydrogen-bond donors (Lipinski definition) is 1.